The van der Waals surface area contributed by atoms with Crippen molar-refractivity contribution in [2.75, 3.05) is 0 Å². The number of benzene rings is 2. The number of aromatic nitrogens is 8. The van der Waals surface area contributed by atoms with Crippen LogP contribution < -0.4 is 11.2 Å². The van der Waals surface area contributed by atoms with Crippen molar-refractivity contribution in [2.24, 2.45) is 0 Å². The van der Waals surface area contributed by atoms with Gasteiger partial charge in [-0.15, -0.1) is 5.10 Å². The first-order valence-corrected chi connectivity index (χ1v) is 11.7. The SMILES string of the molecule is CCCCc1nc2[nH]c(=O)n(CC)c(=O)c2n1Cc1ccc(-c2ccccc2-n2cnnn2)cc1. The number of para-hydroxylation sites is 1. The number of hydrogen-bond acceptors (Lipinski definition) is 6. The molecule has 178 valence electrons. The highest BCUT2D eigenvalue weighted by Gasteiger charge is 2.18. The van der Waals surface area contributed by atoms with Crippen molar-refractivity contribution < 1.29 is 0 Å². The van der Waals surface area contributed by atoms with Gasteiger partial charge in [-0.2, -0.15) is 4.68 Å². The lowest BCUT2D eigenvalue weighted by atomic mass is 10.0. The zero-order valence-corrected chi connectivity index (χ0v) is 19.7. The Morgan fingerprint density at radius 2 is 1.77 bits per heavy atom. The first-order valence-electron chi connectivity index (χ1n) is 11.7. The van der Waals surface area contributed by atoms with Crippen molar-refractivity contribution >= 4 is 11.2 Å². The van der Waals surface area contributed by atoms with Crippen LogP contribution in [0.15, 0.2) is 64.4 Å². The van der Waals surface area contributed by atoms with Crippen LogP contribution in [0.5, 0.6) is 0 Å². The summed E-state index contributed by atoms with van der Waals surface area (Å²) in [6.45, 7) is 4.68. The molecule has 1 N–H and O–H groups in total. The highest BCUT2D eigenvalue weighted by molar-refractivity contribution is 5.73. The minimum absolute atomic E-state index is 0.301. The summed E-state index contributed by atoms with van der Waals surface area (Å²) in [6, 6.07) is 16.1. The number of nitrogens with one attached hydrogen (secondary N) is 1. The fourth-order valence-corrected chi connectivity index (χ4v) is 4.34. The summed E-state index contributed by atoms with van der Waals surface area (Å²) in [5.41, 5.74) is 3.99. The Bertz CT molecular complexity index is 1580. The number of tetrazole rings is 1. The van der Waals surface area contributed by atoms with E-state index in [0.29, 0.717) is 24.3 Å². The molecule has 0 spiro atoms. The summed E-state index contributed by atoms with van der Waals surface area (Å²) >= 11 is 0. The van der Waals surface area contributed by atoms with Gasteiger partial charge in [-0.1, -0.05) is 55.8 Å². The quantitative estimate of drug-likeness (QED) is 0.373. The van der Waals surface area contributed by atoms with Gasteiger partial charge in [-0.3, -0.25) is 14.3 Å². The summed E-state index contributed by atoms with van der Waals surface area (Å²) in [7, 11) is 0. The van der Waals surface area contributed by atoms with Gasteiger partial charge < -0.3 is 4.57 Å². The molecule has 0 unspecified atom stereocenters. The number of H-pyrrole nitrogens is 1. The first kappa shape index (κ1) is 22.5. The normalized spacial score (nSPS) is 11.4. The number of fused-ring (bicyclic) bond motifs is 1. The fourth-order valence-electron chi connectivity index (χ4n) is 4.34. The molecule has 35 heavy (non-hydrogen) atoms. The number of aromatic amines is 1. The second kappa shape index (κ2) is 9.49. The van der Waals surface area contributed by atoms with E-state index in [9.17, 15) is 9.59 Å². The van der Waals surface area contributed by atoms with Crippen LogP contribution in [-0.2, 0) is 19.5 Å². The predicted octanol–water partition coefficient (Wildman–Crippen LogP) is 2.94. The van der Waals surface area contributed by atoms with E-state index in [1.807, 2.05) is 41.0 Å². The monoisotopic (exact) mass is 470 g/mol. The summed E-state index contributed by atoms with van der Waals surface area (Å²) in [4.78, 5) is 32.8. The number of hydrogen-bond donors (Lipinski definition) is 1. The zero-order valence-electron chi connectivity index (χ0n) is 19.7. The number of rotatable bonds is 8. The molecule has 10 nitrogen and oxygen atoms in total. The highest BCUT2D eigenvalue weighted by Crippen LogP contribution is 2.26. The van der Waals surface area contributed by atoms with E-state index in [1.54, 1.807) is 17.9 Å². The first-order chi connectivity index (χ1) is 17.1. The van der Waals surface area contributed by atoms with Gasteiger partial charge in [0.15, 0.2) is 11.2 Å². The number of nitrogens with zero attached hydrogens (tertiary/aromatic N) is 7. The molecule has 0 aliphatic carbocycles. The molecule has 0 aliphatic rings. The van der Waals surface area contributed by atoms with E-state index in [-0.39, 0.29) is 5.56 Å². The average molecular weight is 471 g/mol. The van der Waals surface area contributed by atoms with Crippen LogP contribution in [0.4, 0.5) is 0 Å². The summed E-state index contributed by atoms with van der Waals surface area (Å²) in [6.07, 6.45) is 4.26. The topological polar surface area (TPSA) is 116 Å². The third-order valence-electron chi connectivity index (χ3n) is 6.14. The van der Waals surface area contributed by atoms with Crippen LogP contribution in [-0.4, -0.2) is 39.3 Å². The summed E-state index contributed by atoms with van der Waals surface area (Å²) in [5.74, 6) is 0.802. The molecule has 0 aliphatic heterocycles. The molecule has 0 bridgehead atoms. The van der Waals surface area contributed by atoms with Gasteiger partial charge in [0.2, 0.25) is 0 Å². The molecule has 0 fully saturated rings. The van der Waals surface area contributed by atoms with Crippen LogP contribution in [0.25, 0.3) is 28.0 Å². The van der Waals surface area contributed by atoms with Gasteiger partial charge in [-0.05, 0) is 41.0 Å². The Morgan fingerprint density at radius 3 is 2.49 bits per heavy atom. The van der Waals surface area contributed by atoms with Crippen LogP contribution in [0.3, 0.4) is 0 Å². The predicted molar refractivity (Wildman–Crippen MR) is 133 cm³/mol. The summed E-state index contributed by atoms with van der Waals surface area (Å²) in [5, 5.41) is 11.5. The standard InChI is InChI=1S/C25H26N8O2/c1-3-5-10-21-27-23-22(24(34)31(4-2)25(35)28-23)32(21)15-17-11-13-18(14-12-17)19-8-6-7-9-20(19)33-16-26-29-30-33/h6-9,11-14,16H,3-5,10,15H2,1-2H3,(H,28,35). The number of aryl methyl sites for hydroxylation is 1. The Labute approximate surface area is 200 Å². The molecule has 0 atom stereocenters. The fraction of sp³-hybridized carbons (Fsp3) is 0.280. The lowest BCUT2D eigenvalue weighted by Crippen LogP contribution is -2.35. The van der Waals surface area contributed by atoms with Crippen LogP contribution in [0.2, 0.25) is 0 Å². The molecule has 3 aromatic heterocycles. The average Bonchev–Trinajstić information content (AvgIpc) is 3.52. The third kappa shape index (κ3) is 4.18. The maximum absolute atomic E-state index is 13.1. The van der Waals surface area contributed by atoms with Gasteiger partial charge in [-0.25, -0.2) is 9.78 Å². The van der Waals surface area contributed by atoms with Gasteiger partial charge in [0.25, 0.3) is 5.56 Å². The van der Waals surface area contributed by atoms with Crippen molar-refractivity contribution in [3.05, 3.63) is 87.1 Å². The second-order valence-corrected chi connectivity index (χ2v) is 8.36. The van der Waals surface area contributed by atoms with E-state index >= 15 is 0 Å². The van der Waals surface area contributed by atoms with Gasteiger partial charge in [0.05, 0.1) is 5.69 Å². The molecule has 0 saturated carbocycles. The van der Waals surface area contributed by atoms with E-state index in [1.165, 1.54) is 4.57 Å². The van der Waals surface area contributed by atoms with Crippen molar-refractivity contribution in [1.82, 2.24) is 39.3 Å². The van der Waals surface area contributed by atoms with Gasteiger partial charge in [0.1, 0.15) is 12.2 Å². The van der Waals surface area contributed by atoms with Gasteiger partial charge >= 0.3 is 5.69 Å². The second-order valence-electron chi connectivity index (χ2n) is 8.36. The lowest BCUT2D eigenvalue weighted by molar-refractivity contribution is 0.667. The van der Waals surface area contributed by atoms with Crippen LogP contribution >= 0.6 is 0 Å². The molecule has 0 saturated heterocycles. The van der Waals surface area contributed by atoms with Crippen molar-refractivity contribution in [1.29, 1.82) is 0 Å². The third-order valence-corrected chi connectivity index (χ3v) is 6.14. The molecule has 5 aromatic rings. The maximum atomic E-state index is 13.1. The lowest BCUT2D eigenvalue weighted by Gasteiger charge is -2.12. The molecular weight excluding hydrogens is 444 g/mol. The largest absolute Gasteiger partial charge is 0.330 e. The Balaban J connectivity index is 1.54. The Kier molecular flexibility index (Phi) is 6.09. The van der Waals surface area contributed by atoms with E-state index in [2.05, 4.69) is 44.5 Å². The molecule has 2 aromatic carbocycles. The van der Waals surface area contributed by atoms with Crippen molar-refractivity contribution in [3.63, 3.8) is 0 Å². The maximum Gasteiger partial charge on any atom is 0.330 e. The Hall–Kier alpha value is -4.34. The minimum Gasteiger partial charge on any atom is -0.318 e. The number of unbranched alkanes of at least 4 members (excludes halogenated alkanes) is 1. The van der Waals surface area contributed by atoms with E-state index in [0.717, 1.165) is 47.5 Å². The highest BCUT2D eigenvalue weighted by atomic mass is 16.2. The summed E-state index contributed by atoms with van der Waals surface area (Å²) < 4.78 is 4.79. The molecule has 0 amide bonds. The molecule has 10 heteroatoms. The van der Waals surface area contributed by atoms with Crippen molar-refractivity contribution in [2.45, 2.75) is 46.2 Å². The minimum atomic E-state index is -0.428. The molecule has 0 radical (unpaired) electrons. The van der Waals surface area contributed by atoms with E-state index < -0.39 is 5.69 Å². The van der Waals surface area contributed by atoms with Crippen molar-refractivity contribution in [3.8, 4) is 16.8 Å². The van der Waals surface area contributed by atoms with Crippen LogP contribution in [0.1, 0.15) is 38.1 Å². The number of imidazole rings is 1. The zero-order chi connectivity index (χ0) is 24.4. The van der Waals surface area contributed by atoms with E-state index in [4.69, 9.17) is 0 Å². The van der Waals surface area contributed by atoms with Gasteiger partial charge in [0, 0.05) is 25.1 Å². The molecular formula is C25H26N8O2. The molecule has 5 rings (SSSR count). The molecule has 3 heterocycles. The van der Waals surface area contributed by atoms with Crippen LogP contribution in [0, 0.1) is 0 Å². The Morgan fingerprint density at radius 1 is 0.971 bits per heavy atom. The smallest absolute Gasteiger partial charge is 0.318 e.